The van der Waals surface area contributed by atoms with Gasteiger partial charge in [-0.2, -0.15) is 4.98 Å². The van der Waals surface area contributed by atoms with Gasteiger partial charge in [-0.15, -0.1) is 5.10 Å². The number of methoxy groups -OCH3 is 1. The first-order chi connectivity index (χ1) is 13.1. The summed E-state index contributed by atoms with van der Waals surface area (Å²) in [6, 6.07) is 13.8. The molecule has 27 heavy (non-hydrogen) atoms. The van der Waals surface area contributed by atoms with Gasteiger partial charge in [0.2, 0.25) is 5.82 Å². The predicted molar refractivity (Wildman–Crippen MR) is 101 cm³/mol. The minimum absolute atomic E-state index is 0.337. The van der Waals surface area contributed by atoms with E-state index in [0.29, 0.717) is 23.2 Å². The monoisotopic (exact) mass is 361 g/mol. The Morgan fingerprint density at radius 1 is 1.04 bits per heavy atom. The molecule has 0 fully saturated rings. The number of benzene rings is 2. The average molecular weight is 361 g/mol. The predicted octanol–water partition coefficient (Wildman–Crippen LogP) is 3.92. The third-order valence-electron chi connectivity index (χ3n) is 4.47. The Morgan fingerprint density at radius 3 is 2.63 bits per heavy atom. The van der Waals surface area contributed by atoms with Gasteiger partial charge >= 0.3 is 0 Å². The summed E-state index contributed by atoms with van der Waals surface area (Å²) in [6.45, 7) is 5.94. The number of rotatable bonds is 4. The fraction of sp³-hybridized carbons (Fsp3) is 0.200. The van der Waals surface area contributed by atoms with Crippen LogP contribution in [0.3, 0.4) is 0 Å². The molecule has 0 aliphatic carbocycles. The lowest BCUT2D eigenvalue weighted by atomic mass is 10.1. The molecule has 0 saturated carbocycles. The minimum Gasteiger partial charge on any atom is -0.494 e. The molecule has 0 spiro atoms. The van der Waals surface area contributed by atoms with E-state index in [0.717, 1.165) is 28.1 Å². The van der Waals surface area contributed by atoms with Crippen LogP contribution in [-0.2, 0) is 0 Å². The van der Waals surface area contributed by atoms with E-state index in [-0.39, 0.29) is 0 Å². The molecule has 7 heteroatoms. The molecule has 0 N–H and O–H groups in total. The zero-order valence-electron chi connectivity index (χ0n) is 15.6. The van der Waals surface area contributed by atoms with Crippen molar-refractivity contribution in [2.24, 2.45) is 0 Å². The van der Waals surface area contributed by atoms with E-state index in [9.17, 15) is 0 Å². The summed E-state index contributed by atoms with van der Waals surface area (Å²) in [6.07, 6.45) is 0. The van der Waals surface area contributed by atoms with E-state index in [1.165, 1.54) is 0 Å². The molecule has 0 bridgehead atoms. The molecule has 7 nitrogen and oxygen atoms in total. The molecule has 4 aromatic rings. The highest BCUT2D eigenvalue weighted by atomic mass is 16.5. The van der Waals surface area contributed by atoms with E-state index >= 15 is 0 Å². The largest absolute Gasteiger partial charge is 0.494 e. The topological polar surface area (TPSA) is 78.9 Å². The second-order valence-electron chi connectivity index (χ2n) is 6.35. The maximum absolute atomic E-state index is 5.46. The maximum Gasteiger partial charge on any atom is 0.280 e. The first kappa shape index (κ1) is 17.0. The molecule has 136 valence electrons. The molecule has 0 atom stereocenters. The molecular formula is C20H19N5O2. The highest BCUT2D eigenvalue weighted by Crippen LogP contribution is 2.29. The molecule has 0 amide bonds. The van der Waals surface area contributed by atoms with Crippen molar-refractivity contribution in [2.75, 3.05) is 7.11 Å². The quantitative estimate of drug-likeness (QED) is 0.548. The molecule has 0 radical (unpaired) electrons. The zero-order valence-corrected chi connectivity index (χ0v) is 15.6. The summed E-state index contributed by atoms with van der Waals surface area (Å²) in [5.41, 5.74) is 5.26. The van der Waals surface area contributed by atoms with Gasteiger partial charge in [-0.25, -0.2) is 4.68 Å². The Labute approximate surface area is 156 Å². The Hall–Kier alpha value is -3.48. The Morgan fingerprint density at radius 2 is 1.85 bits per heavy atom. The van der Waals surface area contributed by atoms with Crippen molar-refractivity contribution >= 4 is 0 Å². The smallest absolute Gasteiger partial charge is 0.280 e. The van der Waals surface area contributed by atoms with E-state index < -0.39 is 0 Å². The van der Waals surface area contributed by atoms with E-state index in [4.69, 9.17) is 9.26 Å². The van der Waals surface area contributed by atoms with Crippen LogP contribution in [0.25, 0.3) is 28.7 Å². The van der Waals surface area contributed by atoms with Crippen LogP contribution in [-0.4, -0.2) is 32.2 Å². The maximum atomic E-state index is 5.46. The van der Waals surface area contributed by atoms with Crippen molar-refractivity contribution in [3.05, 3.63) is 59.3 Å². The van der Waals surface area contributed by atoms with Crippen LogP contribution in [0.2, 0.25) is 0 Å². The summed E-state index contributed by atoms with van der Waals surface area (Å²) in [7, 11) is 1.63. The lowest BCUT2D eigenvalue weighted by Crippen LogP contribution is -2.02. The van der Waals surface area contributed by atoms with Crippen LogP contribution < -0.4 is 4.74 Å². The zero-order chi connectivity index (χ0) is 19.0. The van der Waals surface area contributed by atoms with Gasteiger partial charge in [-0.05, 0) is 44.0 Å². The summed E-state index contributed by atoms with van der Waals surface area (Å²) < 4.78 is 12.6. The molecule has 2 aromatic heterocycles. The van der Waals surface area contributed by atoms with E-state index in [1.54, 1.807) is 11.8 Å². The van der Waals surface area contributed by atoms with Gasteiger partial charge in [0.25, 0.3) is 5.89 Å². The Balaban J connectivity index is 1.76. The second kappa shape index (κ2) is 6.68. The number of hydrogen-bond donors (Lipinski definition) is 0. The molecule has 0 saturated heterocycles. The third-order valence-corrected chi connectivity index (χ3v) is 4.47. The summed E-state index contributed by atoms with van der Waals surface area (Å²) in [5.74, 6) is 1.58. The Kier molecular flexibility index (Phi) is 4.19. The second-order valence-corrected chi connectivity index (χ2v) is 6.35. The lowest BCUT2D eigenvalue weighted by molar-refractivity contribution is 0.411. The van der Waals surface area contributed by atoms with Crippen LogP contribution in [0.5, 0.6) is 5.75 Å². The molecule has 2 heterocycles. The van der Waals surface area contributed by atoms with Gasteiger partial charge in [0.1, 0.15) is 11.4 Å². The minimum atomic E-state index is 0.337. The average Bonchev–Trinajstić information content (AvgIpc) is 3.28. The first-order valence-corrected chi connectivity index (χ1v) is 8.56. The normalized spacial score (nSPS) is 11.0. The fourth-order valence-electron chi connectivity index (χ4n) is 2.97. The van der Waals surface area contributed by atoms with Crippen molar-refractivity contribution < 1.29 is 9.26 Å². The van der Waals surface area contributed by atoms with E-state index in [2.05, 4.69) is 20.5 Å². The lowest BCUT2D eigenvalue weighted by Gasteiger charge is -2.10. The molecule has 0 aliphatic heterocycles. The highest BCUT2D eigenvalue weighted by Gasteiger charge is 2.20. The molecule has 0 aliphatic rings. The van der Waals surface area contributed by atoms with Gasteiger partial charge in [0, 0.05) is 5.56 Å². The van der Waals surface area contributed by atoms with Crippen molar-refractivity contribution in [3.8, 4) is 34.4 Å². The van der Waals surface area contributed by atoms with Crippen LogP contribution in [0.1, 0.15) is 16.8 Å². The van der Waals surface area contributed by atoms with Gasteiger partial charge in [0.05, 0.1) is 12.8 Å². The van der Waals surface area contributed by atoms with Gasteiger partial charge < -0.3 is 9.26 Å². The van der Waals surface area contributed by atoms with Crippen LogP contribution in [0.4, 0.5) is 0 Å². The summed E-state index contributed by atoms with van der Waals surface area (Å²) in [5, 5.41) is 12.6. The number of aryl methyl sites for hydroxylation is 2. The summed E-state index contributed by atoms with van der Waals surface area (Å²) >= 11 is 0. The molecular weight excluding hydrogens is 342 g/mol. The van der Waals surface area contributed by atoms with Crippen molar-refractivity contribution in [1.82, 2.24) is 25.1 Å². The van der Waals surface area contributed by atoms with Crippen LogP contribution in [0, 0.1) is 20.8 Å². The van der Waals surface area contributed by atoms with Gasteiger partial charge in [0.15, 0.2) is 5.69 Å². The van der Waals surface area contributed by atoms with Crippen molar-refractivity contribution in [1.29, 1.82) is 0 Å². The standard InChI is InChI=1S/C20H19N5O2/c1-12-9-10-17(26-4)16(11-12)25-14(3)18(22-24-25)20-21-19(23-27-20)15-8-6-5-7-13(15)2/h5-11H,1-4H3. The van der Waals surface area contributed by atoms with Gasteiger partial charge in [-0.1, -0.05) is 40.7 Å². The number of aromatic nitrogens is 5. The molecule has 2 aromatic carbocycles. The van der Waals surface area contributed by atoms with E-state index in [1.807, 2.05) is 63.2 Å². The van der Waals surface area contributed by atoms with Crippen molar-refractivity contribution in [2.45, 2.75) is 20.8 Å². The Bertz CT molecular complexity index is 1110. The van der Waals surface area contributed by atoms with Gasteiger partial charge in [-0.3, -0.25) is 0 Å². The fourth-order valence-corrected chi connectivity index (χ4v) is 2.97. The van der Waals surface area contributed by atoms with Crippen LogP contribution in [0.15, 0.2) is 47.0 Å². The highest BCUT2D eigenvalue weighted by molar-refractivity contribution is 5.62. The third kappa shape index (κ3) is 2.97. The van der Waals surface area contributed by atoms with Crippen molar-refractivity contribution in [3.63, 3.8) is 0 Å². The number of nitrogens with zero attached hydrogens (tertiary/aromatic N) is 5. The number of hydrogen-bond acceptors (Lipinski definition) is 6. The summed E-state index contributed by atoms with van der Waals surface area (Å²) in [4.78, 5) is 4.51. The number of ether oxygens (including phenoxy) is 1. The van der Waals surface area contributed by atoms with Crippen LogP contribution >= 0.6 is 0 Å². The molecule has 4 rings (SSSR count). The first-order valence-electron chi connectivity index (χ1n) is 8.56. The molecule has 0 unspecified atom stereocenters. The SMILES string of the molecule is COc1ccc(C)cc1-n1nnc(-c2nc(-c3ccccc3C)no2)c1C.